The molecule has 0 spiro atoms. The zero-order chi connectivity index (χ0) is 19.5. The number of amides is 1. The van der Waals surface area contributed by atoms with Gasteiger partial charge in [-0.15, -0.1) is 0 Å². The highest BCUT2D eigenvalue weighted by molar-refractivity contribution is 6.06. The summed E-state index contributed by atoms with van der Waals surface area (Å²) in [6.45, 7) is 4.04. The van der Waals surface area contributed by atoms with Gasteiger partial charge in [-0.3, -0.25) is 4.79 Å². The normalized spacial score (nSPS) is 11.9. The number of fused-ring (bicyclic) bond motifs is 1. The number of nitrogens with zero attached hydrogens (tertiary/aromatic N) is 2. The summed E-state index contributed by atoms with van der Waals surface area (Å²) in [6, 6.07) is 23.5. The molecule has 138 valence electrons. The second kappa shape index (κ2) is 7.61. The third-order valence-electron chi connectivity index (χ3n) is 4.82. The molecule has 2 aromatic carbocycles. The van der Waals surface area contributed by atoms with Crippen LogP contribution >= 0.6 is 0 Å². The number of aryl methyl sites for hydroxylation is 1. The lowest BCUT2D eigenvalue weighted by Gasteiger charge is -2.16. The van der Waals surface area contributed by atoms with Crippen LogP contribution in [-0.4, -0.2) is 15.9 Å². The fraction of sp³-hybridized carbons (Fsp3) is 0.125. The zero-order valence-electron chi connectivity index (χ0n) is 15.9. The topological polar surface area (TPSA) is 54.9 Å². The Hall–Kier alpha value is -3.53. The second-order valence-corrected chi connectivity index (χ2v) is 6.90. The largest absolute Gasteiger partial charge is 0.345 e. The summed E-state index contributed by atoms with van der Waals surface area (Å²) >= 11 is 0. The first-order valence-corrected chi connectivity index (χ1v) is 9.30. The number of rotatable bonds is 4. The standard InChI is InChI=1S/C24H21N3O/c1-16-10-12-18(13-11-16)17(2)26-24(28)21-15-22(19-7-4-3-5-8-19)27-23-20(21)9-6-14-25-23/h3-15,17H,1-2H3,(H,26,28). The Morgan fingerprint density at radius 2 is 1.71 bits per heavy atom. The summed E-state index contributed by atoms with van der Waals surface area (Å²) in [4.78, 5) is 22.1. The molecular formula is C24H21N3O. The van der Waals surface area contributed by atoms with E-state index >= 15 is 0 Å². The third kappa shape index (κ3) is 3.62. The molecule has 1 amide bonds. The third-order valence-corrected chi connectivity index (χ3v) is 4.82. The van der Waals surface area contributed by atoms with E-state index in [1.807, 2.05) is 74.5 Å². The van der Waals surface area contributed by atoms with Gasteiger partial charge in [-0.05, 0) is 37.6 Å². The lowest BCUT2D eigenvalue weighted by atomic mass is 10.0. The van der Waals surface area contributed by atoms with E-state index in [9.17, 15) is 4.79 Å². The number of carbonyl (C=O) groups is 1. The van der Waals surface area contributed by atoms with E-state index in [2.05, 4.69) is 27.4 Å². The number of benzene rings is 2. The molecule has 0 radical (unpaired) electrons. The van der Waals surface area contributed by atoms with Crippen molar-refractivity contribution in [1.82, 2.24) is 15.3 Å². The highest BCUT2D eigenvalue weighted by Crippen LogP contribution is 2.24. The first kappa shape index (κ1) is 17.9. The zero-order valence-corrected chi connectivity index (χ0v) is 15.9. The summed E-state index contributed by atoms with van der Waals surface area (Å²) in [5.74, 6) is -0.134. The molecule has 4 heteroatoms. The smallest absolute Gasteiger partial charge is 0.252 e. The Balaban J connectivity index is 1.72. The van der Waals surface area contributed by atoms with Crippen LogP contribution in [0.15, 0.2) is 79.0 Å². The van der Waals surface area contributed by atoms with Crippen LogP contribution in [0.25, 0.3) is 22.3 Å². The Morgan fingerprint density at radius 3 is 2.46 bits per heavy atom. The molecule has 0 aliphatic carbocycles. The molecule has 28 heavy (non-hydrogen) atoms. The Labute approximate surface area is 164 Å². The van der Waals surface area contributed by atoms with Crippen molar-refractivity contribution in [3.05, 3.63) is 95.7 Å². The molecule has 1 atom stereocenters. The molecule has 0 aliphatic heterocycles. The summed E-state index contributed by atoms with van der Waals surface area (Å²) in [5, 5.41) is 3.85. The summed E-state index contributed by atoms with van der Waals surface area (Å²) < 4.78 is 0. The average Bonchev–Trinajstić information content (AvgIpc) is 2.74. The number of carbonyl (C=O) groups excluding carboxylic acids is 1. The Morgan fingerprint density at radius 1 is 0.964 bits per heavy atom. The van der Waals surface area contributed by atoms with Gasteiger partial charge in [-0.25, -0.2) is 9.97 Å². The fourth-order valence-electron chi connectivity index (χ4n) is 3.21. The van der Waals surface area contributed by atoms with Gasteiger partial charge in [0.05, 0.1) is 17.3 Å². The van der Waals surface area contributed by atoms with E-state index in [1.165, 1.54) is 5.56 Å². The van der Waals surface area contributed by atoms with Crippen molar-refractivity contribution in [2.24, 2.45) is 0 Å². The molecular weight excluding hydrogens is 346 g/mol. The van der Waals surface area contributed by atoms with Crippen LogP contribution in [0.3, 0.4) is 0 Å². The maximum absolute atomic E-state index is 13.1. The van der Waals surface area contributed by atoms with E-state index in [0.29, 0.717) is 11.2 Å². The van der Waals surface area contributed by atoms with E-state index in [4.69, 9.17) is 0 Å². The lowest BCUT2D eigenvalue weighted by molar-refractivity contribution is 0.0941. The maximum Gasteiger partial charge on any atom is 0.252 e. The predicted molar refractivity (Wildman–Crippen MR) is 112 cm³/mol. The van der Waals surface area contributed by atoms with Gasteiger partial charge in [0.2, 0.25) is 0 Å². The number of hydrogen-bond acceptors (Lipinski definition) is 3. The quantitative estimate of drug-likeness (QED) is 0.546. The first-order valence-electron chi connectivity index (χ1n) is 9.30. The maximum atomic E-state index is 13.1. The van der Waals surface area contributed by atoms with E-state index in [1.54, 1.807) is 6.20 Å². The second-order valence-electron chi connectivity index (χ2n) is 6.90. The minimum atomic E-state index is -0.134. The highest BCUT2D eigenvalue weighted by Gasteiger charge is 2.17. The molecule has 0 bridgehead atoms. The number of nitrogens with one attached hydrogen (secondary N) is 1. The van der Waals surface area contributed by atoms with Crippen molar-refractivity contribution in [2.45, 2.75) is 19.9 Å². The molecule has 4 aromatic rings. The number of pyridine rings is 2. The Kier molecular flexibility index (Phi) is 4.85. The van der Waals surface area contributed by atoms with Crippen LogP contribution in [-0.2, 0) is 0 Å². The van der Waals surface area contributed by atoms with Gasteiger partial charge in [-0.1, -0.05) is 60.2 Å². The summed E-state index contributed by atoms with van der Waals surface area (Å²) in [7, 11) is 0. The van der Waals surface area contributed by atoms with E-state index in [-0.39, 0.29) is 11.9 Å². The molecule has 2 aromatic heterocycles. The van der Waals surface area contributed by atoms with Gasteiger partial charge in [0.25, 0.3) is 5.91 Å². The van der Waals surface area contributed by atoms with Gasteiger partial charge < -0.3 is 5.32 Å². The highest BCUT2D eigenvalue weighted by atomic mass is 16.1. The fourth-order valence-corrected chi connectivity index (χ4v) is 3.21. The SMILES string of the molecule is Cc1ccc(C(C)NC(=O)c2cc(-c3ccccc3)nc3ncccc23)cc1. The van der Waals surface area contributed by atoms with Gasteiger partial charge in [-0.2, -0.15) is 0 Å². The molecule has 1 N–H and O–H groups in total. The van der Waals surface area contributed by atoms with Crippen LogP contribution in [0.2, 0.25) is 0 Å². The number of hydrogen-bond donors (Lipinski definition) is 1. The van der Waals surface area contributed by atoms with Crippen molar-refractivity contribution in [3.63, 3.8) is 0 Å². The average molecular weight is 367 g/mol. The van der Waals surface area contributed by atoms with Crippen molar-refractivity contribution in [2.75, 3.05) is 0 Å². The Bertz CT molecular complexity index is 1120. The van der Waals surface area contributed by atoms with Gasteiger partial charge in [0.1, 0.15) is 0 Å². The predicted octanol–water partition coefficient (Wildman–Crippen LogP) is 5.10. The van der Waals surface area contributed by atoms with Crippen LogP contribution in [0.5, 0.6) is 0 Å². The minimum absolute atomic E-state index is 0.104. The molecule has 0 saturated carbocycles. The molecule has 4 nitrogen and oxygen atoms in total. The van der Waals surface area contributed by atoms with Crippen LogP contribution in [0.1, 0.15) is 34.5 Å². The monoisotopic (exact) mass is 367 g/mol. The summed E-state index contributed by atoms with van der Waals surface area (Å²) in [5.41, 5.74) is 5.10. The molecule has 0 fully saturated rings. The molecule has 2 heterocycles. The minimum Gasteiger partial charge on any atom is -0.345 e. The molecule has 4 rings (SSSR count). The van der Waals surface area contributed by atoms with Crippen molar-refractivity contribution in [3.8, 4) is 11.3 Å². The van der Waals surface area contributed by atoms with Crippen LogP contribution < -0.4 is 5.32 Å². The van der Waals surface area contributed by atoms with Crippen LogP contribution in [0, 0.1) is 6.92 Å². The van der Waals surface area contributed by atoms with E-state index in [0.717, 1.165) is 22.2 Å². The first-order chi connectivity index (χ1) is 13.6. The van der Waals surface area contributed by atoms with Crippen molar-refractivity contribution < 1.29 is 4.79 Å². The van der Waals surface area contributed by atoms with Gasteiger partial charge in [0.15, 0.2) is 5.65 Å². The molecule has 1 unspecified atom stereocenters. The molecule has 0 aliphatic rings. The van der Waals surface area contributed by atoms with Crippen LogP contribution in [0.4, 0.5) is 0 Å². The summed E-state index contributed by atoms with van der Waals surface area (Å²) in [6.07, 6.45) is 1.70. The molecule has 0 saturated heterocycles. The van der Waals surface area contributed by atoms with E-state index < -0.39 is 0 Å². The number of aromatic nitrogens is 2. The lowest BCUT2D eigenvalue weighted by Crippen LogP contribution is -2.27. The van der Waals surface area contributed by atoms with Gasteiger partial charge >= 0.3 is 0 Å². The van der Waals surface area contributed by atoms with Crippen molar-refractivity contribution >= 4 is 16.9 Å². The van der Waals surface area contributed by atoms with Gasteiger partial charge in [0, 0.05) is 17.1 Å². The van der Waals surface area contributed by atoms with Crippen molar-refractivity contribution in [1.29, 1.82) is 0 Å².